The molecule has 5 heteroatoms. The Morgan fingerprint density at radius 2 is 2.47 bits per heavy atom. The molecule has 1 N–H and O–H groups in total. The van der Waals surface area contributed by atoms with Gasteiger partial charge in [0, 0.05) is 6.42 Å². The maximum absolute atomic E-state index is 5.33. The summed E-state index contributed by atoms with van der Waals surface area (Å²) < 4.78 is 10.4. The van der Waals surface area contributed by atoms with Crippen molar-refractivity contribution < 1.29 is 8.94 Å². The van der Waals surface area contributed by atoms with Crippen LogP contribution in [0.5, 0.6) is 0 Å². The third-order valence-electron chi connectivity index (χ3n) is 3.88. The van der Waals surface area contributed by atoms with E-state index in [-0.39, 0.29) is 0 Å². The second-order valence-corrected chi connectivity index (χ2v) is 5.31. The van der Waals surface area contributed by atoms with E-state index in [4.69, 9.17) is 8.94 Å². The Morgan fingerprint density at radius 3 is 3.21 bits per heavy atom. The zero-order valence-corrected chi connectivity index (χ0v) is 11.1. The average Bonchev–Trinajstić information content (AvgIpc) is 3.10. The first-order chi connectivity index (χ1) is 9.33. The van der Waals surface area contributed by atoms with E-state index in [1.807, 2.05) is 6.07 Å². The zero-order chi connectivity index (χ0) is 13.1. The highest BCUT2D eigenvalue weighted by atomic mass is 16.5. The van der Waals surface area contributed by atoms with E-state index in [9.17, 15) is 0 Å². The molecule has 1 fully saturated rings. The van der Waals surface area contributed by atoms with E-state index in [0.29, 0.717) is 23.6 Å². The number of rotatable bonds is 4. The van der Waals surface area contributed by atoms with Crippen LogP contribution >= 0.6 is 0 Å². The minimum atomic E-state index is 0.561. The van der Waals surface area contributed by atoms with Crippen molar-refractivity contribution in [3.8, 4) is 11.4 Å². The Kier molecular flexibility index (Phi) is 3.64. The van der Waals surface area contributed by atoms with Gasteiger partial charge in [-0.05, 0) is 43.8 Å². The second-order valence-electron chi connectivity index (χ2n) is 5.31. The van der Waals surface area contributed by atoms with E-state index in [1.54, 1.807) is 12.5 Å². The van der Waals surface area contributed by atoms with Crippen LogP contribution in [0.4, 0.5) is 0 Å². The Balaban J connectivity index is 1.63. The molecule has 0 bridgehead atoms. The number of nitrogens with one attached hydrogen (secondary N) is 1. The summed E-state index contributed by atoms with van der Waals surface area (Å²) in [4.78, 5) is 4.43. The van der Waals surface area contributed by atoms with Crippen LogP contribution in [-0.4, -0.2) is 23.2 Å². The van der Waals surface area contributed by atoms with Crippen molar-refractivity contribution in [1.82, 2.24) is 15.5 Å². The highest BCUT2D eigenvalue weighted by molar-refractivity contribution is 5.51. The van der Waals surface area contributed by atoms with Gasteiger partial charge >= 0.3 is 0 Å². The summed E-state index contributed by atoms with van der Waals surface area (Å²) in [5.41, 5.74) is 0.863. The molecular formula is C14H19N3O2. The largest absolute Gasteiger partial charge is 0.472 e. The summed E-state index contributed by atoms with van der Waals surface area (Å²) in [7, 11) is 0. The summed E-state index contributed by atoms with van der Waals surface area (Å²) in [6.07, 6.45) is 6.64. The van der Waals surface area contributed by atoms with Crippen LogP contribution in [0.1, 0.15) is 25.7 Å². The highest BCUT2D eigenvalue weighted by Crippen LogP contribution is 2.24. The first kappa shape index (κ1) is 12.4. The molecule has 2 unspecified atom stereocenters. The molecule has 1 aliphatic heterocycles. The van der Waals surface area contributed by atoms with Crippen molar-refractivity contribution in [2.75, 3.05) is 13.1 Å². The lowest BCUT2D eigenvalue weighted by Gasteiger charge is -2.27. The lowest BCUT2D eigenvalue weighted by Crippen LogP contribution is -2.33. The van der Waals surface area contributed by atoms with E-state index in [1.165, 1.54) is 12.8 Å². The molecule has 0 radical (unpaired) electrons. The predicted octanol–water partition coefficient (Wildman–Crippen LogP) is 2.51. The lowest BCUT2D eigenvalue weighted by atomic mass is 9.85. The number of hydrogen-bond donors (Lipinski definition) is 1. The van der Waals surface area contributed by atoms with Crippen molar-refractivity contribution in [1.29, 1.82) is 0 Å². The van der Waals surface area contributed by atoms with E-state index < -0.39 is 0 Å². The van der Waals surface area contributed by atoms with Gasteiger partial charge in [-0.25, -0.2) is 0 Å². The topological polar surface area (TPSA) is 64.1 Å². The van der Waals surface area contributed by atoms with Gasteiger partial charge in [0.25, 0.3) is 0 Å². The summed E-state index contributed by atoms with van der Waals surface area (Å²) in [5, 5.41) is 7.45. The van der Waals surface area contributed by atoms with Gasteiger partial charge in [-0.3, -0.25) is 0 Å². The van der Waals surface area contributed by atoms with Crippen molar-refractivity contribution in [2.45, 2.75) is 26.2 Å². The number of nitrogens with zero attached hydrogens (tertiary/aromatic N) is 2. The van der Waals surface area contributed by atoms with Gasteiger partial charge in [-0.15, -0.1) is 0 Å². The molecule has 3 rings (SSSR count). The van der Waals surface area contributed by atoms with E-state index >= 15 is 0 Å². The fourth-order valence-electron chi connectivity index (χ4n) is 2.65. The number of furan rings is 1. The van der Waals surface area contributed by atoms with E-state index in [0.717, 1.165) is 25.1 Å². The smallest absolute Gasteiger partial charge is 0.227 e. The predicted molar refractivity (Wildman–Crippen MR) is 70.5 cm³/mol. The molecule has 2 aromatic rings. The average molecular weight is 261 g/mol. The van der Waals surface area contributed by atoms with Crippen molar-refractivity contribution in [2.24, 2.45) is 11.8 Å². The maximum Gasteiger partial charge on any atom is 0.227 e. The van der Waals surface area contributed by atoms with Crippen LogP contribution in [0.15, 0.2) is 27.5 Å². The molecule has 0 aliphatic carbocycles. The minimum absolute atomic E-state index is 0.561. The fraction of sp³-hybridized carbons (Fsp3) is 0.571. The summed E-state index contributed by atoms with van der Waals surface area (Å²) in [6, 6.07) is 1.84. The van der Waals surface area contributed by atoms with Gasteiger partial charge in [0.15, 0.2) is 0 Å². The normalized spacial score (nSPS) is 21.4. The van der Waals surface area contributed by atoms with Crippen LogP contribution < -0.4 is 5.32 Å². The monoisotopic (exact) mass is 261 g/mol. The highest BCUT2D eigenvalue weighted by Gasteiger charge is 2.22. The molecule has 0 saturated carbocycles. The Hall–Kier alpha value is -1.62. The molecule has 0 amide bonds. The van der Waals surface area contributed by atoms with Gasteiger partial charge in [-0.1, -0.05) is 12.1 Å². The van der Waals surface area contributed by atoms with Crippen LogP contribution in [0.3, 0.4) is 0 Å². The van der Waals surface area contributed by atoms with Crippen LogP contribution in [0.25, 0.3) is 11.4 Å². The molecule has 5 nitrogen and oxygen atoms in total. The van der Waals surface area contributed by atoms with Crippen molar-refractivity contribution in [3.63, 3.8) is 0 Å². The molecule has 102 valence electrons. The van der Waals surface area contributed by atoms with Gasteiger partial charge in [0.1, 0.15) is 6.26 Å². The molecule has 0 aromatic carbocycles. The van der Waals surface area contributed by atoms with Crippen molar-refractivity contribution >= 4 is 0 Å². The molecule has 0 spiro atoms. The van der Waals surface area contributed by atoms with Gasteiger partial charge in [-0.2, -0.15) is 4.98 Å². The Morgan fingerprint density at radius 1 is 1.53 bits per heavy atom. The first-order valence-electron chi connectivity index (χ1n) is 6.89. The molecule has 1 aliphatic rings. The Bertz CT molecular complexity index is 501. The molecule has 3 heterocycles. The third-order valence-corrected chi connectivity index (χ3v) is 3.88. The fourth-order valence-corrected chi connectivity index (χ4v) is 2.65. The van der Waals surface area contributed by atoms with Gasteiger partial charge in [0.05, 0.1) is 11.8 Å². The molecule has 2 atom stereocenters. The first-order valence-corrected chi connectivity index (χ1v) is 6.89. The number of aromatic nitrogens is 2. The maximum atomic E-state index is 5.33. The summed E-state index contributed by atoms with van der Waals surface area (Å²) in [5.74, 6) is 2.59. The zero-order valence-electron chi connectivity index (χ0n) is 11.1. The van der Waals surface area contributed by atoms with Crippen molar-refractivity contribution in [3.05, 3.63) is 24.5 Å². The quantitative estimate of drug-likeness (QED) is 0.916. The SMILES string of the molecule is CC(Cc1nc(-c2ccoc2)no1)C1CCCNC1. The second kappa shape index (κ2) is 5.57. The van der Waals surface area contributed by atoms with Crippen LogP contribution in [0.2, 0.25) is 0 Å². The van der Waals surface area contributed by atoms with Crippen LogP contribution in [0, 0.1) is 11.8 Å². The number of piperidine rings is 1. The lowest BCUT2D eigenvalue weighted by molar-refractivity contribution is 0.257. The molecule has 19 heavy (non-hydrogen) atoms. The van der Waals surface area contributed by atoms with E-state index in [2.05, 4.69) is 22.4 Å². The van der Waals surface area contributed by atoms with Gasteiger partial charge in [0.2, 0.25) is 11.7 Å². The molecule has 2 aromatic heterocycles. The van der Waals surface area contributed by atoms with Gasteiger partial charge < -0.3 is 14.3 Å². The minimum Gasteiger partial charge on any atom is -0.472 e. The Labute approximate surface area is 112 Å². The molecular weight excluding hydrogens is 242 g/mol. The molecule has 1 saturated heterocycles. The number of hydrogen-bond acceptors (Lipinski definition) is 5. The summed E-state index contributed by atoms with van der Waals surface area (Å²) in [6.45, 7) is 4.51. The van der Waals surface area contributed by atoms with Crippen LogP contribution in [-0.2, 0) is 6.42 Å². The standard InChI is InChI=1S/C14H19N3O2/c1-10(11-3-2-5-15-8-11)7-13-16-14(17-19-13)12-4-6-18-9-12/h4,6,9-11,15H,2-3,5,7-8H2,1H3. The summed E-state index contributed by atoms with van der Waals surface area (Å²) >= 11 is 0. The third kappa shape index (κ3) is 2.87.